The number of hydrogen-bond donors (Lipinski definition) is 3. The molecule has 0 spiro atoms. The fraction of sp³-hybridized carbons (Fsp3) is 0.250. The Morgan fingerprint density at radius 1 is 1.03 bits per heavy atom. The molecule has 3 N–H and O–H groups in total. The number of carbonyl (C=O) groups excluding carboxylic acids is 3. The molecule has 2 aromatic rings. The number of ether oxygens (including phenoxy) is 1. The van der Waals surface area contributed by atoms with Crippen molar-refractivity contribution in [3.05, 3.63) is 56.5 Å². The Balaban J connectivity index is 1.81. The lowest BCUT2D eigenvalue weighted by Gasteiger charge is -2.11. The molecule has 0 aromatic heterocycles. The van der Waals surface area contributed by atoms with E-state index in [1.807, 2.05) is 6.92 Å². The van der Waals surface area contributed by atoms with Crippen molar-refractivity contribution in [2.45, 2.75) is 26.2 Å². The van der Waals surface area contributed by atoms with Gasteiger partial charge in [0.15, 0.2) is 12.4 Å². The van der Waals surface area contributed by atoms with Gasteiger partial charge in [-0.05, 0) is 58.7 Å². The van der Waals surface area contributed by atoms with Crippen LogP contribution in [0.25, 0.3) is 0 Å². The molecule has 0 unspecified atom stereocenters. The molecule has 0 saturated carbocycles. The summed E-state index contributed by atoms with van der Waals surface area (Å²) in [6.07, 6.45) is 2.20. The van der Waals surface area contributed by atoms with Crippen LogP contribution in [-0.2, 0) is 9.59 Å². The van der Waals surface area contributed by atoms with Crippen molar-refractivity contribution in [1.82, 2.24) is 10.9 Å². The molecular formula is C20H20BrCl2N3O4. The fourth-order valence-corrected chi connectivity index (χ4v) is 3.67. The maximum absolute atomic E-state index is 12.1. The predicted molar refractivity (Wildman–Crippen MR) is 120 cm³/mol. The van der Waals surface area contributed by atoms with Gasteiger partial charge in [0.1, 0.15) is 0 Å². The zero-order chi connectivity index (χ0) is 22.1. The minimum Gasteiger partial charge on any atom is -0.481 e. The standard InChI is InChI=1S/C20H20BrCl2N3O4/c1-2-3-4-17(27)24-14-7-5-12(6-8-14)20(29)26-25-18(28)11-30-19-15(21)9-13(22)10-16(19)23/h5-10H,2-4,11H2,1H3,(H,24,27)(H,25,28)(H,26,29). The van der Waals surface area contributed by atoms with E-state index in [1.165, 1.54) is 18.2 Å². The van der Waals surface area contributed by atoms with Gasteiger partial charge >= 0.3 is 0 Å². The third-order valence-corrected chi connectivity index (χ3v) is 4.90. The first kappa shape index (κ1) is 24.0. The van der Waals surface area contributed by atoms with Crippen LogP contribution in [0.5, 0.6) is 5.75 Å². The Labute approximate surface area is 192 Å². The van der Waals surface area contributed by atoms with Crippen LogP contribution in [0.3, 0.4) is 0 Å². The molecule has 0 radical (unpaired) electrons. The van der Waals surface area contributed by atoms with Crippen molar-refractivity contribution >= 4 is 62.5 Å². The highest BCUT2D eigenvalue weighted by molar-refractivity contribution is 9.10. The van der Waals surface area contributed by atoms with Gasteiger partial charge in [-0.2, -0.15) is 0 Å². The highest BCUT2D eigenvalue weighted by atomic mass is 79.9. The van der Waals surface area contributed by atoms with E-state index >= 15 is 0 Å². The third kappa shape index (κ3) is 7.51. The molecule has 0 aliphatic carbocycles. The molecular weight excluding hydrogens is 497 g/mol. The van der Waals surface area contributed by atoms with Crippen molar-refractivity contribution in [3.8, 4) is 5.75 Å². The number of unbranched alkanes of at least 4 members (excludes halogenated alkanes) is 1. The molecule has 160 valence electrons. The average molecular weight is 517 g/mol. The molecule has 0 fully saturated rings. The average Bonchev–Trinajstić information content (AvgIpc) is 2.70. The van der Waals surface area contributed by atoms with Gasteiger partial charge in [0.2, 0.25) is 5.91 Å². The second kappa shape index (κ2) is 11.8. The largest absolute Gasteiger partial charge is 0.481 e. The number of hydrazine groups is 1. The van der Waals surface area contributed by atoms with Crippen LogP contribution in [0.15, 0.2) is 40.9 Å². The highest BCUT2D eigenvalue weighted by Gasteiger charge is 2.12. The fourth-order valence-electron chi connectivity index (χ4n) is 2.31. The first-order valence-corrected chi connectivity index (χ1v) is 10.6. The lowest BCUT2D eigenvalue weighted by Crippen LogP contribution is -2.43. The smallest absolute Gasteiger partial charge is 0.276 e. The number of benzene rings is 2. The quantitative estimate of drug-likeness (QED) is 0.442. The second-order valence-corrected chi connectivity index (χ2v) is 7.92. The summed E-state index contributed by atoms with van der Waals surface area (Å²) in [6, 6.07) is 9.38. The topological polar surface area (TPSA) is 96.5 Å². The summed E-state index contributed by atoms with van der Waals surface area (Å²) in [7, 11) is 0. The Morgan fingerprint density at radius 3 is 2.37 bits per heavy atom. The van der Waals surface area contributed by atoms with Crippen molar-refractivity contribution in [3.63, 3.8) is 0 Å². The van der Waals surface area contributed by atoms with Crippen LogP contribution in [-0.4, -0.2) is 24.3 Å². The van der Waals surface area contributed by atoms with Crippen molar-refractivity contribution in [2.75, 3.05) is 11.9 Å². The maximum atomic E-state index is 12.1. The summed E-state index contributed by atoms with van der Waals surface area (Å²) < 4.78 is 5.86. The number of anilines is 1. The zero-order valence-corrected chi connectivity index (χ0v) is 19.2. The summed E-state index contributed by atoms with van der Waals surface area (Å²) >= 11 is 15.1. The van der Waals surface area contributed by atoms with E-state index in [9.17, 15) is 14.4 Å². The minimum atomic E-state index is -0.582. The van der Waals surface area contributed by atoms with Gasteiger partial charge in [0.25, 0.3) is 11.8 Å². The number of amides is 3. The molecule has 10 heteroatoms. The molecule has 30 heavy (non-hydrogen) atoms. The molecule has 0 atom stereocenters. The summed E-state index contributed by atoms with van der Waals surface area (Å²) in [5, 5.41) is 3.42. The van der Waals surface area contributed by atoms with E-state index in [2.05, 4.69) is 32.1 Å². The Morgan fingerprint density at radius 2 is 1.73 bits per heavy atom. The summed E-state index contributed by atoms with van der Waals surface area (Å²) in [4.78, 5) is 35.8. The molecule has 0 saturated heterocycles. The number of hydrogen-bond acceptors (Lipinski definition) is 4. The molecule has 7 nitrogen and oxygen atoms in total. The number of nitrogens with one attached hydrogen (secondary N) is 3. The Hall–Kier alpha value is -2.29. The van der Waals surface area contributed by atoms with E-state index in [-0.39, 0.29) is 23.3 Å². The van der Waals surface area contributed by atoms with E-state index in [0.29, 0.717) is 27.2 Å². The van der Waals surface area contributed by atoms with Crippen LogP contribution in [0, 0.1) is 0 Å². The molecule has 2 rings (SSSR count). The minimum absolute atomic E-state index is 0.0752. The lowest BCUT2D eigenvalue weighted by atomic mass is 10.2. The van der Waals surface area contributed by atoms with Crippen LogP contribution in [0.1, 0.15) is 36.5 Å². The van der Waals surface area contributed by atoms with E-state index in [1.54, 1.807) is 18.2 Å². The number of carbonyl (C=O) groups is 3. The number of rotatable bonds is 8. The SMILES string of the molecule is CCCCC(=O)Nc1ccc(C(=O)NNC(=O)COc2c(Cl)cc(Cl)cc2Br)cc1. The van der Waals surface area contributed by atoms with Gasteiger partial charge in [-0.15, -0.1) is 0 Å². The van der Waals surface area contributed by atoms with Gasteiger partial charge in [0, 0.05) is 22.7 Å². The van der Waals surface area contributed by atoms with E-state index in [4.69, 9.17) is 27.9 Å². The first-order valence-electron chi connectivity index (χ1n) is 9.06. The molecule has 0 aliphatic rings. The van der Waals surface area contributed by atoms with Gasteiger partial charge in [-0.1, -0.05) is 36.5 Å². The Kier molecular flexibility index (Phi) is 9.42. The molecule has 2 aromatic carbocycles. The van der Waals surface area contributed by atoms with Gasteiger partial charge in [-0.25, -0.2) is 0 Å². The van der Waals surface area contributed by atoms with Gasteiger partial charge in [0.05, 0.1) is 9.50 Å². The summed E-state index contributed by atoms with van der Waals surface area (Å²) in [6.45, 7) is 1.64. The third-order valence-electron chi connectivity index (χ3n) is 3.81. The molecule has 0 heterocycles. The summed E-state index contributed by atoms with van der Waals surface area (Å²) in [5.74, 6) is -0.910. The monoisotopic (exact) mass is 515 g/mol. The number of halogens is 3. The molecule has 3 amide bonds. The maximum Gasteiger partial charge on any atom is 0.276 e. The van der Waals surface area contributed by atoms with Crippen molar-refractivity contribution in [2.24, 2.45) is 0 Å². The van der Waals surface area contributed by atoms with Crippen LogP contribution < -0.4 is 20.9 Å². The highest BCUT2D eigenvalue weighted by Crippen LogP contribution is 2.35. The zero-order valence-electron chi connectivity index (χ0n) is 16.1. The van der Waals surface area contributed by atoms with E-state index in [0.717, 1.165) is 12.8 Å². The Bertz CT molecular complexity index is 900. The normalized spacial score (nSPS) is 10.3. The van der Waals surface area contributed by atoms with Crippen molar-refractivity contribution < 1.29 is 19.1 Å². The first-order chi connectivity index (χ1) is 14.3. The lowest BCUT2D eigenvalue weighted by molar-refractivity contribution is -0.123. The van der Waals surface area contributed by atoms with Gasteiger partial charge < -0.3 is 10.1 Å². The second-order valence-electron chi connectivity index (χ2n) is 6.22. The van der Waals surface area contributed by atoms with Crippen LogP contribution in [0.2, 0.25) is 10.0 Å². The summed E-state index contributed by atoms with van der Waals surface area (Å²) in [5.41, 5.74) is 5.45. The molecule has 0 aliphatic heterocycles. The van der Waals surface area contributed by atoms with Gasteiger partial charge in [-0.3, -0.25) is 25.2 Å². The van der Waals surface area contributed by atoms with E-state index < -0.39 is 11.8 Å². The van der Waals surface area contributed by atoms with Crippen LogP contribution in [0.4, 0.5) is 5.69 Å². The van der Waals surface area contributed by atoms with Crippen molar-refractivity contribution in [1.29, 1.82) is 0 Å². The molecule has 0 bridgehead atoms. The predicted octanol–water partition coefficient (Wildman–Crippen LogP) is 4.72. The van der Waals surface area contributed by atoms with Crippen LogP contribution >= 0.6 is 39.1 Å².